The van der Waals surface area contributed by atoms with Gasteiger partial charge >= 0.3 is 7.12 Å². The van der Waals surface area contributed by atoms with Gasteiger partial charge < -0.3 is 24.1 Å². The number of hydrogen-bond donors (Lipinski definition) is 1. The molecule has 1 fully saturated rings. The third-order valence-electron chi connectivity index (χ3n) is 5.15. The number of hydrogen-bond acceptors (Lipinski definition) is 6. The zero-order chi connectivity index (χ0) is 21.1. The van der Waals surface area contributed by atoms with Gasteiger partial charge in [-0.25, -0.2) is 0 Å². The maximum absolute atomic E-state index is 11.5. The highest BCUT2D eigenvalue weighted by atomic mass is 16.7. The second-order valence-electron chi connectivity index (χ2n) is 7.67. The van der Waals surface area contributed by atoms with Gasteiger partial charge in [0.25, 0.3) is 0 Å². The average molecular weight is 389 g/mol. The lowest BCUT2D eigenvalue weighted by molar-refractivity contribution is -0.118. The van der Waals surface area contributed by atoms with E-state index in [4.69, 9.17) is 18.8 Å². The Morgan fingerprint density at radius 2 is 1.57 bits per heavy atom. The number of carbonyl (C=O) groups is 2. The van der Waals surface area contributed by atoms with Gasteiger partial charge in [-0.1, -0.05) is 6.08 Å². The predicted octanol–water partition coefficient (Wildman–Crippen LogP) is 2.67. The predicted molar refractivity (Wildman–Crippen MR) is 108 cm³/mol. The van der Waals surface area contributed by atoms with Gasteiger partial charge in [-0.05, 0) is 45.3 Å². The molecule has 2 rings (SSSR count). The SMILES string of the molecule is COc1cc(C=C(CNC(C)=O)B2OC(C)(C)C(C)(C)O2)c(OC)cc1C=O. The molecular formula is C20H28BNO6. The molecule has 1 saturated heterocycles. The molecule has 0 saturated carbocycles. The number of amides is 1. The summed E-state index contributed by atoms with van der Waals surface area (Å²) in [5.74, 6) is 0.762. The van der Waals surface area contributed by atoms with Crippen LogP contribution in [0.5, 0.6) is 11.5 Å². The molecule has 7 nitrogen and oxygen atoms in total. The molecule has 1 aliphatic heterocycles. The van der Waals surface area contributed by atoms with Crippen LogP contribution < -0.4 is 14.8 Å². The summed E-state index contributed by atoms with van der Waals surface area (Å²) in [5, 5.41) is 2.79. The van der Waals surface area contributed by atoms with E-state index < -0.39 is 18.3 Å². The number of methoxy groups -OCH3 is 2. The summed E-state index contributed by atoms with van der Waals surface area (Å²) < 4.78 is 23.0. The fourth-order valence-electron chi connectivity index (χ4n) is 2.77. The summed E-state index contributed by atoms with van der Waals surface area (Å²) in [6.07, 6.45) is 2.54. The first-order chi connectivity index (χ1) is 13.0. The summed E-state index contributed by atoms with van der Waals surface area (Å²) >= 11 is 0. The Labute approximate surface area is 166 Å². The van der Waals surface area contributed by atoms with E-state index in [1.165, 1.54) is 21.1 Å². The molecule has 0 atom stereocenters. The van der Waals surface area contributed by atoms with Crippen LogP contribution in [0.15, 0.2) is 17.6 Å². The Balaban J connectivity index is 2.51. The van der Waals surface area contributed by atoms with Crippen molar-refractivity contribution < 1.29 is 28.4 Å². The maximum atomic E-state index is 11.5. The van der Waals surface area contributed by atoms with Crippen molar-refractivity contribution in [2.75, 3.05) is 20.8 Å². The number of benzene rings is 1. The lowest BCUT2D eigenvalue weighted by Gasteiger charge is -2.32. The average Bonchev–Trinajstić information content (AvgIpc) is 2.85. The van der Waals surface area contributed by atoms with Gasteiger partial charge in [0.2, 0.25) is 5.91 Å². The van der Waals surface area contributed by atoms with Crippen LogP contribution in [0.2, 0.25) is 0 Å². The van der Waals surface area contributed by atoms with Crippen molar-refractivity contribution >= 4 is 25.4 Å². The summed E-state index contributed by atoms with van der Waals surface area (Å²) in [6, 6.07) is 3.32. The van der Waals surface area contributed by atoms with E-state index >= 15 is 0 Å². The highest BCUT2D eigenvalue weighted by Gasteiger charge is 2.52. The minimum absolute atomic E-state index is 0.164. The third kappa shape index (κ3) is 4.56. The molecule has 0 spiro atoms. The van der Waals surface area contributed by atoms with E-state index in [1.54, 1.807) is 12.1 Å². The van der Waals surface area contributed by atoms with Crippen molar-refractivity contribution in [2.45, 2.75) is 45.8 Å². The maximum Gasteiger partial charge on any atom is 0.492 e. The van der Waals surface area contributed by atoms with Crippen LogP contribution in [0.4, 0.5) is 0 Å². The summed E-state index contributed by atoms with van der Waals surface area (Å²) in [5.41, 5.74) is 0.746. The molecule has 152 valence electrons. The van der Waals surface area contributed by atoms with Gasteiger partial charge in [-0.3, -0.25) is 9.59 Å². The van der Waals surface area contributed by atoms with Crippen LogP contribution in [0.25, 0.3) is 6.08 Å². The molecule has 0 aliphatic carbocycles. The second kappa shape index (κ2) is 8.37. The Hall–Kier alpha value is -2.32. The zero-order valence-electron chi connectivity index (χ0n) is 17.5. The second-order valence-corrected chi connectivity index (χ2v) is 7.67. The number of ether oxygens (including phenoxy) is 2. The first-order valence-electron chi connectivity index (χ1n) is 9.06. The van der Waals surface area contributed by atoms with Gasteiger partial charge in [-0.15, -0.1) is 0 Å². The highest BCUT2D eigenvalue weighted by Crippen LogP contribution is 2.39. The van der Waals surface area contributed by atoms with Crippen LogP contribution in [-0.2, 0) is 14.1 Å². The Morgan fingerprint density at radius 3 is 2.04 bits per heavy atom. The quantitative estimate of drug-likeness (QED) is 0.570. The number of aldehydes is 1. The molecule has 8 heteroatoms. The minimum Gasteiger partial charge on any atom is -0.496 e. The molecular weight excluding hydrogens is 361 g/mol. The molecule has 0 radical (unpaired) electrons. The molecule has 0 bridgehead atoms. The van der Waals surface area contributed by atoms with Crippen molar-refractivity contribution in [1.82, 2.24) is 5.32 Å². The molecule has 0 unspecified atom stereocenters. The van der Waals surface area contributed by atoms with E-state index in [9.17, 15) is 9.59 Å². The van der Waals surface area contributed by atoms with Crippen LogP contribution in [0, 0.1) is 0 Å². The number of rotatable bonds is 7. The van der Waals surface area contributed by atoms with E-state index in [1.807, 2.05) is 33.8 Å². The Bertz CT molecular complexity index is 771. The molecule has 1 amide bonds. The van der Waals surface area contributed by atoms with E-state index in [0.717, 1.165) is 0 Å². The fourth-order valence-corrected chi connectivity index (χ4v) is 2.77. The normalized spacial score (nSPS) is 18.0. The smallest absolute Gasteiger partial charge is 0.492 e. The minimum atomic E-state index is -0.640. The summed E-state index contributed by atoms with van der Waals surface area (Å²) in [4.78, 5) is 22.8. The summed E-state index contributed by atoms with van der Waals surface area (Å²) in [7, 11) is 2.38. The molecule has 1 aromatic carbocycles. The lowest BCUT2D eigenvalue weighted by Crippen LogP contribution is -2.41. The van der Waals surface area contributed by atoms with E-state index in [0.29, 0.717) is 34.4 Å². The molecule has 1 heterocycles. The van der Waals surface area contributed by atoms with Gasteiger partial charge in [0, 0.05) is 19.0 Å². The number of nitrogens with one attached hydrogen (secondary N) is 1. The first kappa shape index (κ1) is 22.0. The van der Waals surface area contributed by atoms with Gasteiger partial charge in [0.15, 0.2) is 6.29 Å². The fraction of sp³-hybridized carbons (Fsp3) is 0.500. The van der Waals surface area contributed by atoms with Crippen LogP contribution in [-0.4, -0.2) is 51.3 Å². The Morgan fingerprint density at radius 1 is 1.07 bits per heavy atom. The van der Waals surface area contributed by atoms with E-state index in [2.05, 4.69) is 5.32 Å². The standard InChI is InChI=1S/C20H28BNO6/c1-13(24)22-11-16(21-27-19(2,3)20(4,5)28-21)8-14-9-18(26-7)15(12-23)10-17(14)25-6/h8-10,12H,11H2,1-7H3,(H,22,24). The van der Waals surface area contributed by atoms with E-state index in [-0.39, 0.29) is 12.5 Å². The van der Waals surface area contributed by atoms with Gasteiger partial charge in [0.05, 0.1) is 31.0 Å². The van der Waals surface area contributed by atoms with Crippen molar-refractivity contribution in [3.8, 4) is 11.5 Å². The monoisotopic (exact) mass is 389 g/mol. The lowest BCUT2D eigenvalue weighted by atomic mass is 9.76. The topological polar surface area (TPSA) is 83.1 Å². The molecule has 1 aromatic rings. The van der Waals surface area contributed by atoms with Crippen molar-refractivity contribution in [3.05, 3.63) is 28.7 Å². The van der Waals surface area contributed by atoms with Crippen molar-refractivity contribution in [1.29, 1.82) is 0 Å². The van der Waals surface area contributed by atoms with Gasteiger partial charge in [-0.2, -0.15) is 0 Å². The number of carbonyl (C=O) groups excluding carboxylic acids is 2. The largest absolute Gasteiger partial charge is 0.496 e. The molecule has 1 N–H and O–H groups in total. The molecule has 0 aromatic heterocycles. The molecule has 28 heavy (non-hydrogen) atoms. The van der Waals surface area contributed by atoms with Gasteiger partial charge in [0.1, 0.15) is 11.5 Å². The van der Waals surface area contributed by atoms with Crippen molar-refractivity contribution in [2.24, 2.45) is 0 Å². The highest BCUT2D eigenvalue weighted by molar-refractivity contribution is 6.56. The van der Waals surface area contributed by atoms with Crippen LogP contribution in [0.1, 0.15) is 50.5 Å². The Kier molecular flexibility index (Phi) is 6.57. The summed E-state index contributed by atoms with van der Waals surface area (Å²) in [6.45, 7) is 9.55. The molecule has 1 aliphatic rings. The zero-order valence-corrected chi connectivity index (χ0v) is 17.5. The third-order valence-corrected chi connectivity index (χ3v) is 5.15. The first-order valence-corrected chi connectivity index (χ1v) is 9.06. The van der Waals surface area contributed by atoms with Crippen molar-refractivity contribution in [3.63, 3.8) is 0 Å². The van der Waals surface area contributed by atoms with Crippen LogP contribution in [0.3, 0.4) is 0 Å². The van der Waals surface area contributed by atoms with Crippen LogP contribution >= 0.6 is 0 Å².